The summed E-state index contributed by atoms with van der Waals surface area (Å²) in [5.41, 5.74) is 3.45. The Morgan fingerprint density at radius 3 is 2.64 bits per heavy atom. The molecule has 0 aromatic heterocycles. The number of halogens is 1. The third-order valence-corrected chi connectivity index (χ3v) is 4.07. The van der Waals surface area contributed by atoms with Crippen LogP contribution in [0, 0.1) is 0 Å². The molecule has 1 aliphatic rings. The molecule has 0 spiro atoms. The molecule has 1 heterocycles. The maximum Gasteiger partial charge on any atom is 0.258 e. The van der Waals surface area contributed by atoms with Gasteiger partial charge in [-0.3, -0.25) is 4.79 Å². The highest BCUT2D eigenvalue weighted by molar-refractivity contribution is 6.31. The van der Waals surface area contributed by atoms with Crippen molar-refractivity contribution < 1.29 is 9.53 Å². The molecule has 0 unspecified atom stereocenters. The Morgan fingerprint density at radius 1 is 1.18 bits per heavy atom. The Balaban J connectivity index is 1.98. The summed E-state index contributed by atoms with van der Waals surface area (Å²) >= 11 is 5.99. The van der Waals surface area contributed by atoms with Crippen molar-refractivity contribution in [2.24, 2.45) is 0 Å². The number of hydrogen-bond donors (Lipinski definition) is 0. The third kappa shape index (κ3) is 2.40. The van der Waals surface area contributed by atoms with Gasteiger partial charge in [0.15, 0.2) is 0 Å². The molecule has 0 N–H and O–H groups in total. The van der Waals surface area contributed by atoms with Gasteiger partial charge in [-0.1, -0.05) is 17.7 Å². The van der Waals surface area contributed by atoms with Crippen molar-refractivity contribution >= 4 is 28.9 Å². The fourth-order valence-corrected chi connectivity index (χ4v) is 2.86. The van der Waals surface area contributed by atoms with E-state index < -0.39 is 0 Å². The van der Waals surface area contributed by atoms with Gasteiger partial charge in [0.05, 0.1) is 19.3 Å². The number of amides is 1. The lowest BCUT2D eigenvalue weighted by molar-refractivity contribution is 0.0996. The zero-order valence-electron chi connectivity index (χ0n) is 12.8. The highest BCUT2D eigenvalue weighted by atomic mass is 35.5. The predicted molar refractivity (Wildman–Crippen MR) is 89.3 cm³/mol. The number of fused-ring (bicyclic) bond motifs is 1. The van der Waals surface area contributed by atoms with Crippen LogP contribution in [0.25, 0.3) is 0 Å². The van der Waals surface area contributed by atoms with E-state index in [2.05, 4.69) is 0 Å². The van der Waals surface area contributed by atoms with Crippen LogP contribution in [-0.4, -0.2) is 27.1 Å². The first kappa shape index (κ1) is 14.7. The van der Waals surface area contributed by atoms with Gasteiger partial charge in [-0.05, 0) is 29.8 Å². The first-order valence-electron chi connectivity index (χ1n) is 6.97. The molecule has 0 aliphatic carbocycles. The second-order valence-electron chi connectivity index (χ2n) is 5.44. The summed E-state index contributed by atoms with van der Waals surface area (Å²) in [7, 11) is 5.54. The molecule has 0 atom stereocenters. The zero-order chi connectivity index (χ0) is 15.9. The van der Waals surface area contributed by atoms with Crippen LogP contribution >= 0.6 is 11.6 Å². The normalized spacial score (nSPS) is 13.3. The number of ether oxygens (including phenoxy) is 1. The minimum absolute atomic E-state index is 0.0304. The van der Waals surface area contributed by atoms with E-state index >= 15 is 0 Å². The third-order valence-electron chi connectivity index (χ3n) is 3.83. The van der Waals surface area contributed by atoms with Crippen LogP contribution in [0.5, 0.6) is 5.75 Å². The molecule has 2 aromatic rings. The monoisotopic (exact) mass is 316 g/mol. The Labute approximate surface area is 134 Å². The maximum atomic E-state index is 12.6. The van der Waals surface area contributed by atoms with Crippen molar-refractivity contribution in [2.75, 3.05) is 31.0 Å². The first-order valence-corrected chi connectivity index (χ1v) is 7.34. The molecular formula is C17H17ClN2O2. The summed E-state index contributed by atoms with van der Waals surface area (Å²) < 4.78 is 5.44. The number of carbonyl (C=O) groups is 1. The van der Waals surface area contributed by atoms with Crippen LogP contribution in [-0.2, 0) is 6.54 Å². The molecule has 0 saturated carbocycles. The Hall–Kier alpha value is -2.20. The number of carbonyl (C=O) groups excluding carboxylic acids is 1. The standard InChI is InChI=1S/C17H17ClN2O2/c1-19(2)15-7-6-13(9-16(15)22-3)20-10-11-4-5-12(18)8-14(11)17(20)21/h4-9H,10H2,1-3H3. The van der Waals surface area contributed by atoms with E-state index in [1.54, 1.807) is 18.1 Å². The Morgan fingerprint density at radius 2 is 1.95 bits per heavy atom. The van der Waals surface area contributed by atoms with Gasteiger partial charge < -0.3 is 14.5 Å². The second kappa shape index (κ2) is 5.54. The van der Waals surface area contributed by atoms with Crippen LogP contribution in [0.3, 0.4) is 0 Å². The van der Waals surface area contributed by atoms with Gasteiger partial charge in [0.2, 0.25) is 0 Å². The number of anilines is 2. The largest absolute Gasteiger partial charge is 0.495 e. The van der Waals surface area contributed by atoms with E-state index in [1.165, 1.54) is 0 Å². The summed E-state index contributed by atoms with van der Waals surface area (Å²) in [5.74, 6) is 0.710. The first-order chi connectivity index (χ1) is 10.5. The van der Waals surface area contributed by atoms with Crippen LogP contribution in [0.15, 0.2) is 36.4 Å². The highest BCUT2D eigenvalue weighted by Gasteiger charge is 2.29. The highest BCUT2D eigenvalue weighted by Crippen LogP contribution is 2.35. The van der Waals surface area contributed by atoms with Gasteiger partial charge in [0, 0.05) is 36.4 Å². The molecular weight excluding hydrogens is 300 g/mol. The van der Waals surface area contributed by atoms with E-state index in [4.69, 9.17) is 16.3 Å². The van der Waals surface area contributed by atoms with E-state index in [0.29, 0.717) is 17.1 Å². The van der Waals surface area contributed by atoms with Crippen molar-refractivity contribution in [3.05, 3.63) is 52.5 Å². The number of nitrogens with zero attached hydrogens (tertiary/aromatic N) is 2. The second-order valence-corrected chi connectivity index (χ2v) is 5.88. The van der Waals surface area contributed by atoms with Gasteiger partial charge in [0.1, 0.15) is 5.75 Å². The zero-order valence-corrected chi connectivity index (χ0v) is 13.5. The van der Waals surface area contributed by atoms with Crippen LogP contribution in [0.4, 0.5) is 11.4 Å². The van der Waals surface area contributed by atoms with E-state index in [-0.39, 0.29) is 5.91 Å². The van der Waals surface area contributed by atoms with Crippen molar-refractivity contribution in [1.29, 1.82) is 0 Å². The summed E-state index contributed by atoms with van der Waals surface area (Å²) in [4.78, 5) is 16.3. The fraction of sp³-hybridized carbons (Fsp3) is 0.235. The molecule has 0 saturated heterocycles. The summed E-state index contributed by atoms with van der Waals surface area (Å²) in [6, 6.07) is 11.2. The van der Waals surface area contributed by atoms with Gasteiger partial charge in [-0.15, -0.1) is 0 Å². The van der Waals surface area contributed by atoms with Crippen LogP contribution < -0.4 is 14.5 Å². The summed E-state index contributed by atoms with van der Waals surface area (Å²) in [5, 5.41) is 0.578. The average Bonchev–Trinajstić information content (AvgIpc) is 2.83. The Kier molecular flexibility index (Phi) is 3.71. The number of benzene rings is 2. The van der Waals surface area contributed by atoms with Crippen LogP contribution in [0.2, 0.25) is 5.02 Å². The minimum atomic E-state index is -0.0304. The molecule has 4 nitrogen and oxygen atoms in total. The average molecular weight is 317 g/mol. The van der Waals surface area contributed by atoms with Gasteiger partial charge >= 0.3 is 0 Å². The Bertz CT molecular complexity index is 743. The van der Waals surface area contributed by atoms with Crippen molar-refractivity contribution in [1.82, 2.24) is 0 Å². The van der Waals surface area contributed by atoms with E-state index in [9.17, 15) is 4.79 Å². The lowest BCUT2D eigenvalue weighted by Gasteiger charge is -2.21. The van der Waals surface area contributed by atoms with Gasteiger partial charge in [0.25, 0.3) is 5.91 Å². The quantitative estimate of drug-likeness (QED) is 0.867. The molecule has 1 aliphatic heterocycles. The smallest absolute Gasteiger partial charge is 0.258 e. The number of methoxy groups -OCH3 is 1. The number of hydrogen-bond acceptors (Lipinski definition) is 3. The lowest BCUT2D eigenvalue weighted by atomic mass is 10.1. The molecule has 1 amide bonds. The van der Waals surface area contributed by atoms with Crippen molar-refractivity contribution in [3.63, 3.8) is 0 Å². The summed E-state index contributed by atoms with van der Waals surface area (Å²) in [6.45, 7) is 0.551. The summed E-state index contributed by atoms with van der Waals surface area (Å²) in [6.07, 6.45) is 0. The molecule has 22 heavy (non-hydrogen) atoms. The van der Waals surface area contributed by atoms with Crippen molar-refractivity contribution in [2.45, 2.75) is 6.54 Å². The molecule has 0 bridgehead atoms. The van der Waals surface area contributed by atoms with Crippen molar-refractivity contribution in [3.8, 4) is 5.75 Å². The topological polar surface area (TPSA) is 32.8 Å². The SMILES string of the molecule is COc1cc(N2Cc3ccc(Cl)cc3C2=O)ccc1N(C)C. The lowest BCUT2D eigenvalue weighted by Crippen LogP contribution is -2.23. The van der Waals surface area contributed by atoms with Gasteiger partial charge in [-0.25, -0.2) is 0 Å². The molecule has 114 valence electrons. The molecule has 0 fully saturated rings. The molecule has 2 aromatic carbocycles. The number of rotatable bonds is 3. The maximum absolute atomic E-state index is 12.6. The fourth-order valence-electron chi connectivity index (χ4n) is 2.69. The van der Waals surface area contributed by atoms with E-state index in [0.717, 1.165) is 22.7 Å². The van der Waals surface area contributed by atoms with Gasteiger partial charge in [-0.2, -0.15) is 0 Å². The molecule has 3 rings (SSSR count). The molecule has 5 heteroatoms. The molecule has 0 radical (unpaired) electrons. The minimum Gasteiger partial charge on any atom is -0.495 e. The van der Waals surface area contributed by atoms with Crippen LogP contribution in [0.1, 0.15) is 15.9 Å². The van der Waals surface area contributed by atoms with E-state index in [1.807, 2.05) is 49.3 Å². The predicted octanol–water partition coefficient (Wildman–Crippen LogP) is 3.58.